The van der Waals surface area contributed by atoms with Gasteiger partial charge in [0.15, 0.2) is 0 Å². The number of nitrogens with zero attached hydrogens (tertiary/aromatic N) is 2. The molecule has 3 heteroatoms. The van der Waals surface area contributed by atoms with Crippen molar-refractivity contribution in [2.45, 2.75) is 59.9 Å². The highest BCUT2D eigenvalue weighted by atomic mass is 19.1. The van der Waals surface area contributed by atoms with Crippen molar-refractivity contribution in [3.63, 3.8) is 0 Å². The fourth-order valence-corrected chi connectivity index (χ4v) is 3.81. The Morgan fingerprint density at radius 3 is 2.36 bits per heavy atom. The highest BCUT2D eigenvalue weighted by Crippen LogP contribution is 2.34. The third-order valence-corrected chi connectivity index (χ3v) is 5.21. The van der Waals surface area contributed by atoms with Crippen LogP contribution in [0.5, 0.6) is 0 Å². The Labute approximate surface area is 149 Å². The molecule has 0 aliphatic heterocycles. The summed E-state index contributed by atoms with van der Waals surface area (Å²) in [6, 6.07) is 10.3. The van der Waals surface area contributed by atoms with Crippen molar-refractivity contribution >= 4 is 11.0 Å². The van der Waals surface area contributed by atoms with E-state index in [0.717, 1.165) is 52.8 Å². The number of hydrogen-bond donors (Lipinski definition) is 0. The van der Waals surface area contributed by atoms with Crippen LogP contribution in [0.4, 0.5) is 4.39 Å². The van der Waals surface area contributed by atoms with Gasteiger partial charge in [0.1, 0.15) is 11.6 Å². The number of imidazole rings is 1. The summed E-state index contributed by atoms with van der Waals surface area (Å²) in [5.74, 6) is 0.953. The van der Waals surface area contributed by atoms with E-state index < -0.39 is 0 Å². The molecule has 0 spiro atoms. The molecule has 0 unspecified atom stereocenters. The van der Waals surface area contributed by atoms with Gasteiger partial charge in [0.05, 0.1) is 11.0 Å². The lowest BCUT2D eigenvalue weighted by molar-refractivity contribution is 0.468. The molecule has 1 aromatic heterocycles. The van der Waals surface area contributed by atoms with E-state index in [-0.39, 0.29) is 5.82 Å². The van der Waals surface area contributed by atoms with E-state index in [1.807, 2.05) is 19.9 Å². The Morgan fingerprint density at radius 1 is 1.00 bits per heavy atom. The first-order chi connectivity index (χ1) is 12.0. The number of aromatic nitrogens is 2. The van der Waals surface area contributed by atoms with Gasteiger partial charge in [-0.05, 0) is 55.5 Å². The molecule has 0 saturated heterocycles. The fourth-order valence-electron chi connectivity index (χ4n) is 3.81. The molecule has 2 nitrogen and oxygen atoms in total. The van der Waals surface area contributed by atoms with Crippen LogP contribution in [0.15, 0.2) is 30.3 Å². The summed E-state index contributed by atoms with van der Waals surface area (Å²) in [6.07, 6.45) is 3.06. The van der Waals surface area contributed by atoms with Gasteiger partial charge in [-0.1, -0.05) is 39.0 Å². The number of rotatable bonds is 5. The van der Waals surface area contributed by atoms with Crippen LogP contribution in [0, 0.1) is 19.7 Å². The van der Waals surface area contributed by atoms with Crippen molar-refractivity contribution in [3.05, 3.63) is 53.1 Å². The number of aryl methyl sites for hydroxylation is 3. The Bertz CT molecular complexity index is 904. The largest absolute Gasteiger partial charge is 0.325 e. The minimum atomic E-state index is -0.159. The lowest BCUT2D eigenvalue weighted by Gasteiger charge is -2.18. The van der Waals surface area contributed by atoms with Gasteiger partial charge in [0, 0.05) is 18.0 Å². The monoisotopic (exact) mass is 338 g/mol. The van der Waals surface area contributed by atoms with Gasteiger partial charge >= 0.3 is 0 Å². The second kappa shape index (κ2) is 6.99. The zero-order chi connectivity index (χ0) is 18.1. The number of benzene rings is 2. The summed E-state index contributed by atoms with van der Waals surface area (Å²) in [5.41, 5.74) is 5.87. The quantitative estimate of drug-likeness (QED) is 0.527. The topological polar surface area (TPSA) is 17.8 Å². The van der Waals surface area contributed by atoms with Gasteiger partial charge < -0.3 is 4.57 Å². The predicted molar refractivity (Wildman–Crippen MR) is 104 cm³/mol. The van der Waals surface area contributed by atoms with Crippen molar-refractivity contribution in [3.8, 4) is 11.1 Å². The smallest absolute Gasteiger partial charge is 0.126 e. The second-order valence-corrected chi connectivity index (χ2v) is 6.81. The van der Waals surface area contributed by atoms with Crippen molar-refractivity contribution in [1.29, 1.82) is 0 Å². The number of hydrogen-bond acceptors (Lipinski definition) is 1. The molecule has 0 saturated carbocycles. The molecular formula is C22H27FN2. The molecule has 25 heavy (non-hydrogen) atoms. The van der Waals surface area contributed by atoms with Gasteiger partial charge in [-0.15, -0.1) is 0 Å². The van der Waals surface area contributed by atoms with Crippen LogP contribution in [0.1, 0.15) is 56.6 Å². The summed E-state index contributed by atoms with van der Waals surface area (Å²) < 4.78 is 16.6. The van der Waals surface area contributed by atoms with Gasteiger partial charge in [0.25, 0.3) is 0 Å². The third-order valence-electron chi connectivity index (χ3n) is 5.21. The molecule has 2 aromatic carbocycles. The van der Waals surface area contributed by atoms with Gasteiger partial charge in [-0.2, -0.15) is 0 Å². The van der Waals surface area contributed by atoms with Crippen LogP contribution in [0.3, 0.4) is 0 Å². The molecule has 0 amide bonds. The van der Waals surface area contributed by atoms with E-state index in [1.165, 1.54) is 0 Å². The van der Waals surface area contributed by atoms with Crippen molar-refractivity contribution in [1.82, 2.24) is 9.55 Å². The first-order valence-electron chi connectivity index (χ1n) is 9.28. The lowest BCUT2D eigenvalue weighted by atomic mass is 9.97. The maximum absolute atomic E-state index is 14.2. The molecule has 0 bridgehead atoms. The van der Waals surface area contributed by atoms with Gasteiger partial charge in [-0.3, -0.25) is 0 Å². The summed E-state index contributed by atoms with van der Waals surface area (Å²) in [4.78, 5) is 4.96. The first-order valence-corrected chi connectivity index (χ1v) is 9.28. The maximum atomic E-state index is 14.2. The zero-order valence-corrected chi connectivity index (χ0v) is 15.9. The van der Waals surface area contributed by atoms with Crippen LogP contribution < -0.4 is 0 Å². The number of fused-ring (bicyclic) bond motifs is 1. The van der Waals surface area contributed by atoms with Crippen LogP contribution in [0.2, 0.25) is 0 Å². The van der Waals surface area contributed by atoms with Crippen LogP contribution >= 0.6 is 0 Å². The second-order valence-electron chi connectivity index (χ2n) is 6.81. The van der Waals surface area contributed by atoms with Crippen LogP contribution in [-0.4, -0.2) is 9.55 Å². The zero-order valence-electron chi connectivity index (χ0n) is 15.9. The normalized spacial score (nSPS) is 11.6. The SMILES string of the molecule is CCc1nc2c(-c3cc(F)c(C)cc3C)cccc2n1C(CC)CC. The molecule has 1 heterocycles. The van der Waals surface area contributed by atoms with Crippen LogP contribution in [-0.2, 0) is 6.42 Å². The van der Waals surface area contributed by atoms with E-state index >= 15 is 0 Å². The Hall–Kier alpha value is -2.16. The van der Waals surface area contributed by atoms with E-state index in [4.69, 9.17) is 4.98 Å². The molecular weight excluding hydrogens is 311 g/mol. The van der Waals surface area contributed by atoms with Crippen molar-refractivity contribution in [2.24, 2.45) is 0 Å². The third kappa shape index (κ3) is 2.97. The molecule has 3 aromatic rings. The minimum absolute atomic E-state index is 0.159. The van der Waals surface area contributed by atoms with Crippen molar-refractivity contribution in [2.75, 3.05) is 0 Å². The molecule has 0 aliphatic rings. The maximum Gasteiger partial charge on any atom is 0.126 e. The summed E-state index contributed by atoms with van der Waals surface area (Å²) in [7, 11) is 0. The van der Waals surface area contributed by atoms with E-state index in [0.29, 0.717) is 11.6 Å². The molecule has 0 radical (unpaired) electrons. The molecule has 0 atom stereocenters. The fraction of sp³-hybridized carbons (Fsp3) is 0.409. The predicted octanol–water partition coefficient (Wildman–Crippen LogP) is 6.38. The Balaban J connectivity index is 2.31. The van der Waals surface area contributed by atoms with Crippen molar-refractivity contribution < 1.29 is 4.39 Å². The Morgan fingerprint density at radius 2 is 1.72 bits per heavy atom. The average Bonchev–Trinajstić information content (AvgIpc) is 2.98. The minimum Gasteiger partial charge on any atom is -0.325 e. The summed E-state index contributed by atoms with van der Waals surface area (Å²) >= 11 is 0. The van der Waals surface area contributed by atoms with E-state index in [2.05, 4.69) is 43.5 Å². The van der Waals surface area contributed by atoms with Gasteiger partial charge in [-0.25, -0.2) is 9.37 Å². The highest BCUT2D eigenvalue weighted by molar-refractivity contribution is 5.93. The highest BCUT2D eigenvalue weighted by Gasteiger charge is 2.19. The lowest BCUT2D eigenvalue weighted by Crippen LogP contribution is -2.10. The molecule has 3 rings (SSSR count). The molecule has 0 aliphatic carbocycles. The number of para-hydroxylation sites is 1. The van der Waals surface area contributed by atoms with Gasteiger partial charge in [0.2, 0.25) is 0 Å². The van der Waals surface area contributed by atoms with E-state index in [1.54, 1.807) is 6.07 Å². The molecule has 132 valence electrons. The first kappa shape index (κ1) is 17.7. The summed E-state index contributed by atoms with van der Waals surface area (Å²) in [6.45, 7) is 10.4. The molecule has 0 fully saturated rings. The average molecular weight is 338 g/mol. The van der Waals surface area contributed by atoms with E-state index in [9.17, 15) is 4.39 Å². The number of halogens is 1. The Kier molecular flexibility index (Phi) is 4.94. The molecule has 0 N–H and O–H groups in total. The standard InChI is InChI=1S/C22H27FN2/c1-6-16(7-2)25-20-11-9-10-17(22(20)24-21(25)8-3)18-13-19(23)15(5)12-14(18)4/h9-13,16H,6-8H2,1-5H3. The van der Waals surface area contributed by atoms with Crippen LogP contribution in [0.25, 0.3) is 22.2 Å². The summed E-state index contributed by atoms with van der Waals surface area (Å²) in [5, 5.41) is 0.